The summed E-state index contributed by atoms with van der Waals surface area (Å²) in [5.41, 5.74) is 9.70. The fraction of sp³-hybridized carbons (Fsp3) is 0. The molecular weight excluding hydrogens is 565 g/mol. The third-order valence-electron chi connectivity index (χ3n) is 9.32. The molecule has 3 heterocycles. The molecule has 45 heavy (non-hydrogen) atoms. The number of para-hydroxylation sites is 2. The number of fused-ring (bicyclic) bond motifs is 10. The first-order valence-electron chi connectivity index (χ1n) is 15.4. The van der Waals surface area contributed by atoms with Gasteiger partial charge in [-0.15, -0.1) is 11.3 Å². The van der Waals surface area contributed by atoms with Gasteiger partial charge in [0.2, 0.25) is 0 Å². The van der Waals surface area contributed by atoms with Crippen LogP contribution in [0.25, 0.3) is 86.3 Å². The van der Waals surface area contributed by atoms with Gasteiger partial charge >= 0.3 is 0 Å². The Morgan fingerprint density at radius 3 is 1.80 bits per heavy atom. The van der Waals surface area contributed by atoms with Gasteiger partial charge < -0.3 is 9.13 Å². The number of nitrogens with zero attached hydrogens (tertiary/aromatic N) is 2. The van der Waals surface area contributed by atoms with Crippen LogP contribution in [0.2, 0.25) is 0 Å². The zero-order valence-electron chi connectivity index (χ0n) is 24.3. The zero-order valence-corrected chi connectivity index (χ0v) is 25.1. The molecule has 10 aromatic rings. The molecule has 0 amide bonds. The number of hydrogen-bond acceptors (Lipinski definition) is 1. The highest BCUT2D eigenvalue weighted by atomic mass is 32.1. The zero-order chi connectivity index (χ0) is 29.5. The van der Waals surface area contributed by atoms with Crippen molar-refractivity contribution in [2.45, 2.75) is 0 Å². The van der Waals surface area contributed by atoms with E-state index in [1.54, 1.807) is 0 Å². The summed E-state index contributed by atoms with van der Waals surface area (Å²) in [4.78, 5) is 0. The van der Waals surface area contributed by atoms with Crippen LogP contribution in [0.1, 0.15) is 0 Å². The normalized spacial score (nSPS) is 12.0. The van der Waals surface area contributed by atoms with E-state index in [9.17, 15) is 0 Å². The largest absolute Gasteiger partial charge is 0.309 e. The second-order valence-electron chi connectivity index (χ2n) is 11.8. The Balaban J connectivity index is 1.30. The van der Waals surface area contributed by atoms with Crippen LogP contribution in [0.3, 0.4) is 0 Å². The summed E-state index contributed by atoms with van der Waals surface area (Å²) in [7, 11) is 0. The van der Waals surface area contributed by atoms with E-state index in [2.05, 4.69) is 167 Å². The van der Waals surface area contributed by atoms with Crippen LogP contribution in [0.4, 0.5) is 0 Å². The van der Waals surface area contributed by atoms with Gasteiger partial charge in [0.15, 0.2) is 0 Å². The summed E-state index contributed by atoms with van der Waals surface area (Å²) >= 11 is 1.87. The molecule has 210 valence electrons. The molecule has 0 aliphatic carbocycles. The molecular formula is C42H26N2S. The van der Waals surface area contributed by atoms with Crippen molar-refractivity contribution in [2.24, 2.45) is 0 Å². The molecule has 0 N–H and O–H groups in total. The molecule has 7 aromatic carbocycles. The Labute approximate surface area is 263 Å². The minimum atomic E-state index is 1.16. The van der Waals surface area contributed by atoms with Crippen LogP contribution in [-0.4, -0.2) is 9.13 Å². The van der Waals surface area contributed by atoms with Gasteiger partial charge in [-0.2, -0.15) is 0 Å². The van der Waals surface area contributed by atoms with E-state index in [0.717, 1.165) is 5.69 Å². The molecule has 0 radical (unpaired) electrons. The van der Waals surface area contributed by atoms with Crippen LogP contribution < -0.4 is 0 Å². The predicted molar refractivity (Wildman–Crippen MR) is 193 cm³/mol. The Morgan fingerprint density at radius 1 is 0.356 bits per heavy atom. The Morgan fingerprint density at radius 2 is 0.978 bits per heavy atom. The Bertz CT molecular complexity index is 2740. The monoisotopic (exact) mass is 590 g/mol. The summed E-state index contributed by atoms with van der Waals surface area (Å²) in [6.45, 7) is 0. The lowest BCUT2D eigenvalue weighted by Crippen LogP contribution is -1.95. The molecule has 2 nitrogen and oxygen atoms in total. The van der Waals surface area contributed by atoms with E-state index in [1.807, 2.05) is 11.3 Å². The van der Waals surface area contributed by atoms with E-state index in [4.69, 9.17) is 0 Å². The molecule has 3 heteroatoms. The van der Waals surface area contributed by atoms with Crippen molar-refractivity contribution in [1.29, 1.82) is 0 Å². The SMILES string of the molecule is c1ccc(-c2ccc(-n3c4ccccc4c4ccc5c(c6ccccc6n5-c5ccc6sc7ccccc7c6c5)c43)cc2)cc1. The van der Waals surface area contributed by atoms with E-state index < -0.39 is 0 Å². The lowest BCUT2D eigenvalue weighted by Gasteiger charge is -2.11. The standard InChI is InChI=1S/C42H26N2S/c1-2-10-27(11-3-1)28-18-20-29(21-19-28)44-36-15-7-4-12-31(36)33-23-24-38-41(42(33)44)34-14-5-8-16-37(34)43(38)30-22-25-40-35(26-30)32-13-6-9-17-39(32)45-40/h1-26H. The van der Waals surface area contributed by atoms with Crippen molar-refractivity contribution in [3.8, 4) is 22.5 Å². The molecule has 0 aliphatic heterocycles. The van der Waals surface area contributed by atoms with Crippen LogP contribution in [0.15, 0.2) is 158 Å². The minimum absolute atomic E-state index is 1.16. The topological polar surface area (TPSA) is 9.86 Å². The maximum Gasteiger partial charge on any atom is 0.0641 e. The van der Waals surface area contributed by atoms with E-state index in [-0.39, 0.29) is 0 Å². The van der Waals surface area contributed by atoms with Crippen LogP contribution in [0, 0.1) is 0 Å². The van der Waals surface area contributed by atoms with Gasteiger partial charge in [-0.3, -0.25) is 0 Å². The van der Waals surface area contributed by atoms with Gasteiger partial charge in [0.05, 0.1) is 22.1 Å². The molecule has 0 saturated heterocycles. The highest BCUT2D eigenvalue weighted by molar-refractivity contribution is 7.25. The summed E-state index contributed by atoms with van der Waals surface area (Å²) < 4.78 is 7.57. The average Bonchev–Trinajstić information content (AvgIpc) is 3.76. The third-order valence-corrected chi connectivity index (χ3v) is 10.5. The summed E-state index contributed by atoms with van der Waals surface area (Å²) in [5, 5.41) is 7.71. The molecule has 0 fully saturated rings. The summed E-state index contributed by atoms with van der Waals surface area (Å²) in [6.07, 6.45) is 0. The lowest BCUT2D eigenvalue weighted by molar-refractivity contribution is 1.18. The fourth-order valence-corrected chi connectivity index (χ4v) is 8.43. The van der Waals surface area contributed by atoms with Gasteiger partial charge in [-0.05, 0) is 65.7 Å². The van der Waals surface area contributed by atoms with Gasteiger partial charge in [0, 0.05) is 53.1 Å². The maximum atomic E-state index is 2.47. The summed E-state index contributed by atoms with van der Waals surface area (Å²) in [6, 6.07) is 57.6. The molecule has 0 unspecified atom stereocenters. The van der Waals surface area contributed by atoms with Crippen molar-refractivity contribution >= 4 is 75.1 Å². The van der Waals surface area contributed by atoms with E-state index in [1.165, 1.54) is 80.6 Å². The van der Waals surface area contributed by atoms with Gasteiger partial charge in [-0.1, -0.05) is 103 Å². The fourth-order valence-electron chi connectivity index (χ4n) is 7.34. The molecule has 0 bridgehead atoms. The minimum Gasteiger partial charge on any atom is -0.309 e. The number of aromatic nitrogens is 2. The molecule has 0 spiro atoms. The molecule has 0 atom stereocenters. The maximum absolute atomic E-state index is 2.47. The molecule has 0 aliphatic rings. The number of thiophene rings is 1. The number of hydrogen-bond donors (Lipinski definition) is 0. The quantitative estimate of drug-likeness (QED) is 0.194. The lowest BCUT2D eigenvalue weighted by atomic mass is 10.1. The van der Waals surface area contributed by atoms with Gasteiger partial charge in [-0.25, -0.2) is 0 Å². The van der Waals surface area contributed by atoms with Crippen molar-refractivity contribution in [3.63, 3.8) is 0 Å². The summed E-state index contributed by atoms with van der Waals surface area (Å²) in [5.74, 6) is 0. The van der Waals surface area contributed by atoms with Crippen molar-refractivity contribution in [3.05, 3.63) is 158 Å². The first kappa shape index (κ1) is 24.8. The molecule has 10 rings (SSSR count). The second-order valence-corrected chi connectivity index (χ2v) is 12.8. The van der Waals surface area contributed by atoms with Crippen molar-refractivity contribution in [1.82, 2.24) is 9.13 Å². The first-order chi connectivity index (χ1) is 22.3. The van der Waals surface area contributed by atoms with Crippen LogP contribution >= 0.6 is 11.3 Å². The molecule has 0 saturated carbocycles. The number of rotatable bonds is 3. The highest BCUT2D eigenvalue weighted by Gasteiger charge is 2.21. The third kappa shape index (κ3) is 3.56. The highest BCUT2D eigenvalue weighted by Crippen LogP contribution is 2.43. The second kappa shape index (κ2) is 9.43. The van der Waals surface area contributed by atoms with Crippen molar-refractivity contribution in [2.75, 3.05) is 0 Å². The van der Waals surface area contributed by atoms with Crippen LogP contribution in [0.5, 0.6) is 0 Å². The van der Waals surface area contributed by atoms with Gasteiger partial charge in [0.25, 0.3) is 0 Å². The first-order valence-corrected chi connectivity index (χ1v) is 16.2. The van der Waals surface area contributed by atoms with Crippen molar-refractivity contribution < 1.29 is 0 Å². The average molecular weight is 591 g/mol. The smallest absolute Gasteiger partial charge is 0.0641 e. The Hall–Kier alpha value is -5.64. The molecule has 3 aromatic heterocycles. The van der Waals surface area contributed by atoms with E-state index >= 15 is 0 Å². The number of benzene rings is 7. The Kier molecular flexibility index (Phi) is 5.19. The van der Waals surface area contributed by atoms with E-state index in [0.29, 0.717) is 0 Å². The predicted octanol–water partition coefficient (Wildman–Crippen LogP) is 11.9. The van der Waals surface area contributed by atoms with Gasteiger partial charge in [0.1, 0.15) is 0 Å². The van der Waals surface area contributed by atoms with Crippen LogP contribution in [-0.2, 0) is 0 Å².